The number of sulfonamides is 1. The van der Waals surface area contributed by atoms with Gasteiger partial charge in [0.05, 0.1) is 5.69 Å². The lowest BCUT2D eigenvalue weighted by Crippen LogP contribution is -2.14. The molecule has 0 bridgehead atoms. The lowest BCUT2D eigenvalue weighted by molar-refractivity contribution is 0.593. The first-order valence-corrected chi connectivity index (χ1v) is 7.10. The molecule has 7 heteroatoms. The second kappa shape index (κ2) is 4.54. The van der Waals surface area contributed by atoms with E-state index in [1.165, 1.54) is 11.8 Å². The van der Waals surface area contributed by atoms with Crippen LogP contribution in [-0.2, 0) is 17.1 Å². The van der Waals surface area contributed by atoms with Crippen molar-refractivity contribution in [2.45, 2.75) is 30.2 Å². The molecule has 0 fully saturated rings. The molecule has 2 N–H and O–H groups in total. The van der Waals surface area contributed by atoms with Gasteiger partial charge in [-0.05, 0) is 19.1 Å². The van der Waals surface area contributed by atoms with Crippen LogP contribution in [0.3, 0.4) is 0 Å². The molecule has 0 saturated heterocycles. The number of nitrogens with two attached hydrogens (primary N) is 1. The molecule has 0 aromatic carbocycles. The van der Waals surface area contributed by atoms with E-state index in [2.05, 4.69) is 5.10 Å². The van der Waals surface area contributed by atoms with Gasteiger partial charge in [0.1, 0.15) is 9.92 Å². The Hall–Kier alpha value is -0.530. The topological polar surface area (TPSA) is 78.0 Å². The van der Waals surface area contributed by atoms with Crippen LogP contribution in [0.2, 0.25) is 0 Å². The quantitative estimate of drug-likeness (QED) is 0.803. The average Bonchev–Trinajstić information content (AvgIpc) is 2.36. The van der Waals surface area contributed by atoms with Crippen molar-refractivity contribution in [3.63, 3.8) is 0 Å². The van der Waals surface area contributed by atoms with Gasteiger partial charge in [-0.15, -0.1) is 11.8 Å². The van der Waals surface area contributed by atoms with Crippen molar-refractivity contribution in [2.75, 3.05) is 5.75 Å². The van der Waals surface area contributed by atoms with Crippen molar-refractivity contribution in [1.29, 1.82) is 0 Å². The SMILES string of the molecule is CCCSc1c(S(N)(=O)=O)c(C)nn1C. The van der Waals surface area contributed by atoms with Crippen molar-refractivity contribution in [1.82, 2.24) is 9.78 Å². The Balaban J connectivity index is 3.24. The molecule has 0 atom stereocenters. The lowest BCUT2D eigenvalue weighted by atomic mass is 10.5. The van der Waals surface area contributed by atoms with Gasteiger partial charge in [-0.1, -0.05) is 6.92 Å². The zero-order chi connectivity index (χ0) is 11.6. The number of nitrogens with zero attached hydrogens (tertiary/aromatic N) is 2. The molecule has 1 aromatic heterocycles. The van der Waals surface area contributed by atoms with E-state index in [1.807, 2.05) is 6.92 Å². The van der Waals surface area contributed by atoms with E-state index in [9.17, 15) is 8.42 Å². The zero-order valence-electron chi connectivity index (χ0n) is 9.02. The highest BCUT2D eigenvalue weighted by Crippen LogP contribution is 2.28. The van der Waals surface area contributed by atoms with Crippen LogP contribution in [0.15, 0.2) is 9.92 Å². The first-order valence-electron chi connectivity index (χ1n) is 4.57. The molecule has 0 amide bonds. The van der Waals surface area contributed by atoms with Crippen molar-refractivity contribution in [3.05, 3.63) is 5.69 Å². The van der Waals surface area contributed by atoms with Crippen LogP contribution < -0.4 is 5.14 Å². The predicted octanol–water partition coefficient (Wildman–Crippen LogP) is 0.878. The summed E-state index contributed by atoms with van der Waals surface area (Å²) in [6.07, 6.45) is 0.971. The maximum absolute atomic E-state index is 11.4. The van der Waals surface area contributed by atoms with Gasteiger partial charge in [-0.25, -0.2) is 13.6 Å². The summed E-state index contributed by atoms with van der Waals surface area (Å²) in [6.45, 7) is 3.68. The van der Waals surface area contributed by atoms with Crippen molar-refractivity contribution in [2.24, 2.45) is 12.2 Å². The van der Waals surface area contributed by atoms with Crippen LogP contribution in [0.1, 0.15) is 19.0 Å². The summed E-state index contributed by atoms with van der Waals surface area (Å²) in [6, 6.07) is 0. The van der Waals surface area contributed by atoms with E-state index >= 15 is 0 Å². The van der Waals surface area contributed by atoms with Crippen LogP contribution in [-0.4, -0.2) is 24.0 Å². The highest BCUT2D eigenvalue weighted by Gasteiger charge is 2.22. The Morgan fingerprint density at radius 1 is 1.53 bits per heavy atom. The minimum atomic E-state index is -3.68. The van der Waals surface area contributed by atoms with Gasteiger partial charge >= 0.3 is 0 Å². The van der Waals surface area contributed by atoms with Gasteiger partial charge in [0, 0.05) is 7.05 Å². The Morgan fingerprint density at radius 2 is 2.13 bits per heavy atom. The Labute approximate surface area is 94.1 Å². The monoisotopic (exact) mass is 249 g/mol. The minimum Gasteiger partial charge on any atom is -0.260 e. The van der Waals surface area contributed by atoms with Gasteiger partial charge in [-0.3, -0.25) is 4.68 Å². The first kappa shape index (κ1) is 12.5. The largest absolute Gasteiger partial charge is 0.260 e. The fraction of sp³-hybridized carbons (Fsp3) is 0.625. The van der Waals surface area contributed by atoms with Crippen LogP contribution >= 0.6 is 11.8 Å². The lowest BCUT2D eigenvalue weighted by Gasteiger charge is -2.03. The summed E-state index contributed by atoms with van der Waals surface area (Å²) in [4.78, 5) is 0.156. The minimum absolute atomic E-state index is 0.156. The number of primary sulfonamides is 1. The maximum atomic E-state index is 11.4. The summed E-state index contributed by atoms with van der Waals surface area (Å²) < 4.78 is 24.3. The van der Waals surface area contributed by atoms with Crippen molar-refractivity contribution < 1.29 is 8.42 Å². The fourth-order valence-corrected chi connectivity index (χ4v) is 3.56. The number of hydrogen-bond donors (Lipinski definition) is 1. The maximum Gasteiger partial charge on any atom is 0.242 e. The number of rotatable bonds is 4. The molecule has 0 radical (unpaired) electrons. The van der Waals surface area contributed by atoms with Crippen molar-refractivity contribution in [3.8, 4) is 0 Å². The molecule has 1 rings (SSSR count). The molecule has 0 aliphatic heterocycles. The number of aryl methyl sites for hydroxylation is 2. The van der Waals surface area contributed by atoms with Gasteiger partial charge < -0.3 is 0 Å². The van der Waals surface area contributed by atoms with Gasteiger partial charge in [0.15, 0.2) is 0 Å². The average molecular weight is 249 g/mol. The molecular weight excluding hydrogens is 234 g/mol. The molecule has 0 aliphatic carbocycles. The second-order valence-electron chi connectivity index (χ2n) is 3.24. The summed E-state index contributed by atoms with van der Waals surface area (Å²) in [5.74, 6) is 0.849. The molecule has 1 heterocycles. The normalized spacial score (nSPS) is 12.0. The van der Waals surface area contributed by atoms with E-state index in [1.54, 1.807) is 18.7 Å². The molecular formula is C8H15N3O2S2. The molecule has 1 aromatic rings. The summed E-state index contributed by atoms with van der Waals surface area (Å²) in [7, 11) is -1.96. The third kappa shape index (κ3) is 2.73. The molecule has 0 saturated carbocycles. The molecule has 0 aliphatic rings. The molecule has 5 nitrogen and oxygen atoms in total. The standard InChI is InChI=1S/C8H15N3O2S2/c1-4-5-14-8-7(15(9,12)13)6(2)10-11(8)3/h4-5H2,1-3H3,(H2,9,12,13). The Morgan fingerprint density at radius 3 is 2.60 bits per heavy atom. The predicted molar refractivity (Wildman–Crippen MR) is 60.3 cm³/mol. The second-order valence-corrected chi connectivity index (χ2v) is 5.82. The first-order chi connectivity index (χ1) is 6.88. The zero-order valence-corrected chi connectivity index (χ0v) is 10.7. The Kier molecular flexibility index (Phi) is 3.80. The molecule has 0 spiro atoms. The van der Waals surface area contributed by atoms with Gasteiger partial charge in [0.2, 0.25) is 10.0 Å². The third-order valence-electron chi connectivity index (χ3n) is 1.84. The fourth-order valence-electron chi connectivity index (χ4n) is 1.30. The highest BCUT2D eigenvalue weighted by atomic mass is 32.2. The van der Waals surface area contributed by atoms with Crippen molar-refractivity contribution >= 4 is 21.8 Å². The van der Waals surface area contributed by atoms with Gasteiger partial charge in [-0.2, -0.15) is 5.10 Å². The Bertz CT molecular complexity index is 451. The van der Waals surface area contributed by atoms with Crippen LogP contribution in [0.25, 0.3) is 0 Å². The number of thioether (sulfide) groups is 1. The summed E-state index contributed by atoms with van der Waals surface area (Å²) >= 11 is 1.46. The number of hydrogen-bond acceptors (Lipinski definition) is 4. The van der Waals surface area contributed by atoms with E-state index in [0.29, 0.717) is 10.7 Å². The van der Waals surface area contributed by atoms with Crippen LogP contribution in [0.5, 0.6) is 0 Å². The smallest absolute Gasteiger partial charge is 0.242 e. The van der Waals surface area contributed by atoms with Crippen LogP contribution in [0, 0.1) is 6.92 Å². The molecule has 15 heavy (non-hydrogen) atoms. The van der Waals surface area contributed by atoms with E-state index < -0.39 is 10.0 Å². The van der Waals surface area contributed by atoms with E-state index in [0.717, 1.165) is 12.2 Å². The molecule has 0 unspecified atom stereocenters. The molecule has 86 valence electrons. The van der Waals surface area contributed by atoms with E-state index in [-0.39, 0.29) is 4.90 Å². The van der Waals surface area contributed by atoms with Gasteiger partial charge in [0.25, 0.3) is 0 Å². The highest BCUT2D eigenvalue weighted by molar-refractivity contribution is 8.00. The summed E-state index contributed by atoms with van der Waals surface area (Å²) in [5.41, 5.74) is 0.457. The third-order valence-corrected chi connectivity index (χ3v) is 4.39. The summed E-state index contributed by atoms with van der Waals surface area (Å²) in [5, 5.41) is 9.84. The van der Waals surface area contributed by atoms with E-state index in [4.69, 9.17) is 5.14 Å². The number of aromatic nitrogens is 2. The van der Waals surface area contributed by atoms with Crippen LogP contribution in [0.4, 0.5) is 0 Å².